The zero-order valence-corrected chi connectivity index (χ0v) is 19.4. The van der Waals surface area contributed by atoms with E-state index >= 15 is 0 Å². The van der Waals surface area contributed by atoms with E-state index in [-0.39, 0.29) is 36.2 Å². The van der Waals surface area contributed by atoms with Gasteiger partial charge < -0.3 is 19.1 Å². The Morgan fingerprint density at radius 2 is 1.94 bits per heavy atom. The second kappa shape index (κ2) is 10.1. The number of nitrogens with zero attached hydrogens (tertiary/aromatic N) is 5. The van der Waals surface area contributed by atoms with Crippen LogP contribution in [0.4, 0.5) is 5.95 Å². The van der Waals surface area contributed by atoms with Gasteiger partial charge in [0.05, 0.1) is 12.8 Å². The van der Waals surface area contributed by atoms with Crippen molar-refractivity contribution in [3.8, 4) is 5.75 Å². The van der Waals surface area contributed by atoms with Gasteiger partial charge >= 0.3 is 0 Å². The van der Waals surface area contributed by atoms with Gasteiger partial charge in [0.2, 0.25) is 11.7 Å². The summed E-state index contributed by atoms with van der Waals surface area (Å²) in [6.07, 6.45) is 2.78. The number of carbonyl (C=O) groups excluding carboxylic acids is 2. The maximum atomic E-state index is 13.0. The van der Waals surface area contributed by atoms with Crippen LogP contribution < -0.4 is 15.2 Å². The van der Waals surface area contributed by atoms with Gasteiger partial charge in [0.25, 0.3) is 11.5 Å². The number of anilines is 1. The van der Waals surface area contributed by atoms with Gasteiger partial charge in [-0.05, 0) is 24.6 Å². The SMILES string of the molecule is CCOc1c(C(=O)Cc2cnoc2)nc(N(C)Cc2cccc(C(=O)N(C)C)c2)n(C)c1=O. The zero-order chi connectivity index (χ0) is 24.1. The van der Waals surface area contributed by atoms with Crippen LogP contribution in [-0.4, -0.2) is 59.0 Å². The number of hydrogen-bond acceptors (Lipinski definition) is 8. The van der Waals surface area contributed by atoms with E-state index in [9.17, 15) is 14.4 Å². The number of hydrogen-bond donors (Lipinski definition) is 0. The lowest BCUT2D eigenvalue weighted by molar-refractivity contribution is 0.0827. The zero-order valence-electron chi connectivity index (χ0n) is 19.4. The van der Waals surface area contributed by atoms with Crippen molar-refractivity contribution < 1.29 is 18.8 Å². The van der Waals surface area contributed by atoms with Crippen molar-refractivity contribution in [3.05, 3.63) is 69.5 Å². The molecule has 0 N–H and O–H groups in total. The fourth-order valence-corrected chi connectivity index (χ4v) is 3.36. The molecule has 0 fully saturated rings. The molecule has 0 spiro atoms. The molecule has 3 rings (SSSR count). The van der Waals surface area contributed by atoms with E-state index in [1.54, 1.807) is 58.2 Å². The maximum absolute atomic E-state index is 13.0. The molecule has 0 unspecified atom stereocenters. The topological polar surface area (TPSA) is 111 Å². The molecule has 0 saturated carbocycles. The van der Waals surface area contributed by atoms with Crippen molar-refractivity contribution in [1.82, 2.24) is 19.6 Å². The van der Waals surface area contributed by atoms with Crippen molar-refractivity contribution in [2.24, 2.45) is 7.05 Å². The molecule has 33 heavy (non-hydrogen) atoms. The van der Waals surface area contributed by atoms with E-state index in [4.69, 9.17) is 9.26 Å². The van der Waals surface area contributed by atoms with E-state index in [0.29, 0.717) is 23.6 Å². The number of ether oxygens (including phenoxy) is 1. The highest BCUT2D eigenvalue weighted by molar-refractivity contribution is 5.98. The first-order chi connectivity index (χ1) is 15.7. The normalized spacial score (nSPS) is 10.7. The van der Waals surface area contributed by atoms with Gasteiger partial charge in [0.15, 0.2) is 11.5 Å². The molecule has 0 bridgehead atoms. The smallest absolute Gasteiger partial charge is 0.297 e. The number of rotatable bonds is 9. The van der Waals surface area contributed by atoms with Crippen molar-refractivity contribution >= 4 is 17.6 Å². The molecule has 0 aliphatic rings. The minimum Gasteiger partial charge on any atom is -0.486 e. The molecule has 0 aliphatic heterocycles. The minimum atomic E-state index is -0.459. The molecular weight excluding hydrogens is 426 g/mol. The third-order valence-corrected chi connectivity index (χ3v) is 4.97. The van der Waals surface area contributed by atoms with Crippen LogP contribution >= 0.6 is 0 Å². The maximum Gasteiger partial charge on any atom is 0.297 e. The summed E-state index contributed by atoms with van der Waals surface area (Å²) in [6, 6.07) is 7.23. The molecule has 10 nitrogen and oxygen atoms in total. The summed E-state index contributed by atoms with van der Waals surface area (Å²) in [5.74, 6) is -0.279. The fraction of sp³-hybridized carbons (Fsp3) is 0.348. The number of ketones is 1. The van der Waals surface area contributed by atoms with Crippen LogP contribution in [0.2, 0.25) is 0 Å². The Morgan fingerprint density at radius 3 is 2.58 bits per heavy atom. The highest BCUT2D eigenvalue weighted by Gasteiger charge is 2.24. The molecule has 3 aromatic rings. The van der Waals surface area contributed by atoms with Crippen LogP contribution in [0.5, 0.6) is 5.75 Å². The molecule has 1 amide bonds. The Bertz CT molecular complexity index is 1200. The number of benzene rings is 1. The third-order valence-electron chi connectivity index (χ3n) is 4.97. The largest absolute Gasteiger partial charge is 0.486 e. The molecule has 0 radical (unpaired) electrons. The number of carbonyl (C=O) groups is 2. The minimum absolute atomic E-state index is 0.0262. The fourth-order valence-electron chi connectivity index (χ4n) is 3.36. The Hall–Kier alpha value is -3.95. The molecule has 174 valence electrons. The third kappa shape index (κ3) is 5.28. The molecule has 2 heterocycles. The summed E-state index contributed by atoms with van der Waals surface area (Å²) in [4.78, 5) is 46.0. The Kier molecular flexibility index (Phi) is 7.27. The van der Waals surface area contributed by atoms with Crippen LogP contribution in [0.3, 0.4) is 0 Å². The Morgan fingerprint density at radius 1 is 1.18 bits per heavy atom. The van der Waals surface area contributed by atoms with Gasteiger partial charge in [-0.1, -0.05) is 17.3 Å². The van der Waals surface area contributed by atoms with Crippen molar-refractivity contribution in [2.45, 2.75) is 19.9 Å². The molecule has 0 atom stereocenters. The Balaban J connectivity index is 1.96. The first-order valence-corrected chi connectivity index (χ1v) is 10.4. The second-order valence-electron chi connectivity index (χ2n) is 7.78. The average Bonchev–Trinajstić information content (AvgIpc) is 3.29. The van der Waals surface area contributed by atoms with E-state index in [0.717, 1.165) is 5.56 Å². The predicted molar refractivity (Wildman–Crippen MR) is 122 cm³/mol. The lowest BCUT2D eigenvalue weighted by Crippen LogP contribution is -2.32. The second-order valence-corrected chi connectivity index (χ2v) is 7.78. The monoisotopic (exact) mass is 453 g/mol. The number of amides is 1. The molecule has 1 aromatic carbocycles. The highest BCUT2D eigenvalue weighted by atomic mass is 16.5. The van der Waals surface area contributed by atoms with Crippen LogP contribution in [0, 0.1) is 0 Å². The summed E-state index contributed by atoms with van der Waals surface area (Å²) in [7, 11) is 6.72. The molecule has 2 aromatic heterocycles. The summed E-state index contributed by atoms with van der Waals surface area (Å²) >= 11 is 0. The van der Waals surface area contributed by atoms with E-state index in [1.165, 1.54) is 21.9 Å². The van der Waals surface area contributed by atoms with Gasteiger partial charge in [0, 0.05) is 52.3 Å². The molecule has 0 aliphatic carbocycles. The Labute approximate surface area is 191 Å². The van der Waals surface area contributed by atoms with E-state index < -0.39 is 5.56 Å². The summed E-state index contributed by atoms with van der Waals surface area (Å²) in [5, 5.41) is 3.60. The lowest BCUT2D eigenvalue weighted by Gasteiger charge is -2.22. The number of Topliss-reactive ketones (excluding diaryl/α,β-unsaturated/α-hetero) is 1. The van der Waals surface area contributed by atoms with Crippen molar-refractivity contribution in [2.75, 3.05) is 32.6 Å². The van der Waals surface area contributed by atoms with Crippen molar-refractivity contribution in [3.63, 3.8) is 0 Å². The van der Waals surface area contributed by atoms with Gasteiger partial charge in [-0.25, -0.2) is 4.98 Å². The van der Waals surface area contributed by atoms with E-state index in [2.05, 4.69) is 10.1 Å². The summed E-state index contributed by atoms with van der Waals surface area (Å²) < 4.78 is 11.6. The molecule has 10 heteroatoms. The van der Waals surface area contributed by atoms with Crippen LogP contribution in [0.25, 0.3) is 0 Å². The summed E-state index contributed by atoms with van der Waals surface area (Å²) in [6.45, 7) is 2.31. The standard InChI is InChI=1S/C23H27N5O5/c1-6-32-20-19(18(29)11-16-12-24-33-14-16)25-23(28(5)22(20)31)27(4)13-15-8-7-9-17(10-15)21(30)26(2)3/h7-10,12,14H,6,11,13H2,1-5H3. The van der Waals surface area contributed by atoms with Crippen molar-refractivity contribution in [1.29, 1.82) is 0 Å². The average molecular weight is 453 g/mol. The van der Waals surface area contributed by atoms with E-state index in [1.807, 2.05) is 6.07 Å². The van der Waals surface area contributed by atoms with Crippen LogP contribution in [-0.2, 0) is 20.0 Å². The molecular formula is C23H27N5O5. The van der Waals surface area contributed by atoms with Gasteiger partial charge in [-0.15, -0.1) is 0 Å². The summed E-state index contributed by atoms with van der Waals surface area (Å²) in [5.41, 5.74) is 1.48. The quantitative estimate of drug-likeness (QED) is 0.452. The first-order valence-electron chi connectivity index (χ1n) is 10.4. The predicted octanol–water partition coefficient (Wildman–Crippen LogP) is 1.93. The lowest BCUT2D eigenvalue weighted by atomic mass is 10.1. The number of aromatic nitrogens is 3. The highest BCUT2D eigenvalue weighted by Crippen LogP contribution is 2.20. The first kappa shape index (κ1) is 23.7. The molecule has 0 saturated heterocycles. The van der Waals surface area contributed by atoms with Gasteiger partial charge in [0.1, 0.15) is 6.26 Å². The van der Waals surface area contributed by atoms with Gasteiger partial charge in [-0.2, -0.15) is 0 Å². The van der Waals surface area contributed by atoms with Gasteiger partial charge in [-0.3, -0.25) is 19.0 Å². The van der Waals surface area contributed by atoms with Crippen LogP contribution in [0.15, 0.2) is 46.0 Å². The van der Waals surface area contributed by atoms with Crippen LogP contribution in [0.1, 0.15) is 38.9 Å².